The lowest BCUT2D eigenvalue weighted by molar-refractivity contribution is -0.138. The molecule has 1 unspecified atom stereocenters. The number of carboxylic acids is 1. The van der Waals surface area contributed by atoms with Gasteiger partial charge in [-0.15, -0.1) is 11.3 Å². The summed E-state index contributed by atoms with van der Waals surface area (Å²) >= 11 is 1.33. The molecule has 0 radical (unpaired) electrons. The van der Waals surface area contributed by atoms with Gasteiger partial charge in [-0.1, -0.05) is 0 Å². The van der Waals surface area contributed by atoms with Gasteiger partial charge in [-0.3, -0.25) is 9.69 Å². The van der Waals surface area contributed by atoms with Gasteiger partial charge in [-0.2, -0.15) is 13.2 Å². The molecule has 0 saturated carbocycles. The average Bonchev–Trinajstić information content (AvgIpc) is 3.40. The van der Waals surface area contributed by atoms with Gasteiger partial charge in [0.05, 0.1) is 48.5 Å². The number of carbonyl (C=O) groups is 1. The van der Waals surface area contributed by atoms with Crippen LogP contribution in [0.1, 0.15) is 29.8 Å². The lowest BCUT2D eigenvalue weighted by Gasteiger charge is -2.47. The van der Waals surface area contributed by atoms with Crippen molar-refractivity contribution in [1.29, 1.82) is 0 Å². The van der Waals surface area contributed by atoms with E-state index in [-0.39, 0.29) is 23.9 Å². The molecule has 9 nitrogen and oxygen atoms in total. The van der Waals surface area contributed by atoms with Crippen molar-refractivity contribution in [2.75, 3.05) is 43.7 Å². The number of thiophene rings is 1. The Balaban J connectivity index is 1.58. The smallest absolute Gasteiger partial charge is 0.416 e. The SMILES string of the molecule is COc1cc(N2CCN(C3=Nc4ccsc4C(CC(=O)O)N3c3cc(C(F)(F)F)ccc3OC)C[C@H]2C)ccn1. The molecule has 1 N–H and O–H groups in total. The quantitative estimate of drug-likeness (QED) is 0.417. The first-order valence-corrected chi connectivity index (χ1v) is 13.4. The molecule has 2 atom stereocenters. The largest absolute Gasteiger partial charge is 0.495 e. The number of guanidine groups is 1. The highest BCUT2D eigenvalue weighted by Crippen LogP contribution is 2.47. The lowest BCUT2D eigenvalue weighted by atomic mass is 10.0. The summed E-state index contributed by atoms with van der Waals surface area (Å²) in [6, 6.07) is 7.97. The topological polar surface area (TPSA) is 90.7 Å². The Morgan fingerprint density at radius 2 is 1.95 bits per heavy atom. The van der Waals surface area contributed by atoms with Gasteiger partial charge in [-0.25, -0.2) is 9.98 Å². The number of fused-ring (bicyclic) bond motifs is 1. The first-order chi connectivity index (χ1) is 19.1. The molecule has 212 valence electrons. The van der Waals surface area contributed by atoms with E-state index in [0.29, 0.717) is 42.0 Å². The van der Waals surface area contributed by atoms with Gasteiger partial charge in [0.25, 0.3) is 0 Å². The molecule has 0 aliphatic carbocycles. The number of aliphatic imine (C=N–C) groups is 1. The van der Waals surface area contributed by atoms with Crippen LogP contribution >= 0.6 is 11.3 Å². The first kappa shape index (κ1) is 27.6. The van der Waals surface area contributed by atoms with Crippen molar-refractivity contribution in [2.24, 2.45) is 4.99 Å². The third-order valence-corrected chi connectivity index (χ3v) is 8.03. The first-order valence-electron chi connectivity index (χ1n) is 12.5. The van der Waals surface area contributed by atoms with Crippen molar-refractivity contribution in [2.45, 2.75) is 31.6 Å². The van der Waals surface area contributed by atoms with Crippen molar-refractivity contribution in [3.8, 4) is 11.6 Å². The summed E-state index contributed by atoms with van der Waals surface area (Å²) in [6.45, 7) is 3.61. The zero-order chi connectivity index (χ0) is 28.6. The monoisotopic (exact) mass is 575 g/mol. The Morgan fingerprint density at radius 1 is 1.15 bits per heavy atom. The number of aliphatic carboxylic acids is 1. The Bertz CT molecular complexity index is 1430. The number of rotatable bonds is 6. The highest BCUT2D eigenvalue weighted by molar-refractivity contribution is 7.10. The zero-order valence-electron chi connectivity index (χ0n) is 22.1. The van der Waals surface area contributed by atoms with Crippen LogP contribution in [0.15, 0.2) is 53.0 Å². The second-order valence-electron chi connectivity index (χ2n) is 9.49. The highest BCUT2D eigenvalue weighted by atomic mass is 32.1. The number of nitrogens with zero attached hydrogens (tertiary/aromatic N) is 5. The number of hydrogen-bond donors (Lipinski definition) is 1. The molecule has 0 bridgehead atoms. The third kappa shape index (κ3) is 5.25. The van der Waals surface area contributed by atoms with E-state index in [1.807, 2.05) is 29.3 Å². The van der Waals surface area contributed by atoms with Crippen LogP contribution in [-0.4, -0.2) is 66.8 Å². The Hall–Kier alpha value is -4.00. The molecule has 4 heterocycles. The number of benzene rings is 1. The van der Waals surface area contributed by atoms with Crippen LogP contribution in [-0.2, 0) is 11.0 Å². The van der Waals surface area contributed by atoms with E-state index in [1.54, 1.807) is 24.3 Å². The number of hydrogen-bond acceptors (Lipinski definition) is 9. The van der Waals surface area contributed by atoms with Crippen LogP contribution in [0.4, 0.5) is 30.2 Å². The van der Waals surface area contributed by atoms with Crippen LogP contribution in [0, 0.1) is 0 Å². The van der Waals surface area contributed by atoms with Gasteiger partial charge >= 0.3 is 12.1 Å². The zero-order valence-corrected chi connectivity index (χ0v) is 22.9. The molecule has 5 rings (SSSR count). The van der Waals surface area contributed by atoms with E-state index in [2.05, 4.69) is 9.88 Å². The van der Waals surface area contributed by atoms with Crippen molar-refractivity contribution in [3.05, 3.63) is 58.4 Å². The standard InChI is InChI=1S/C27H28F3N5O4S/c1-16-15-33(9-10-34(16)18-6-8-31-23(13-18)39-3)26-32-19-7-11-40-25(19)21(14-24(36)37)35(26)20-12-17(27(28,29)30)4-5-22(20)38-2/h4-8,11-13,16,21H,9-10,14-15H2,1-3H3,(H,36,37)/t16-,21?/m1/s1. The van der Waals surface area contributed by atoms with Gasteiger partial charge in [0.15, 0.2) is 0 Å². The highest BCUT2D eigenvalue weighted by Gasteiger charge is 2.41. The fourth-order valence-electron chi connectivity index (χ4n) is 5.19. The summed E-state index contributed by atoms with van der Waals surface area (Å²) in [6.07, 6.45) is -3.26. The predicted molar refractivity (Wildman–Crippen MR) is 146 cm³/mol. The molecular formula is C27H28F3N5O4S. The fourth-order valence-corrected chi connectivity index (χ4v) is 6.11. The van der Waals surface area contributed by atoms with E-state index in [0.717, 1.165) is 17.8 Å². The van der Waals surface area contributed by atoms with E-state index in [9.17, 15) is 23.1 Å². The Morgan fingerprint density at radius 3 is 2.62 bits per heavy atom. The Kier molecular flexibility index (Phi) is 7.49. The van der Waals surface area contributed by atoms with Gasteiger partial charge in [0.2, 0.25) is 11.8 Å². The summed E-state index contributed by atoms with van der Waals surface area (Å²) < 4.78 is 52.2. The fraction of sp³-hybridized carbons (Fsp3) is 0.370. The van der Waals surface area contributed by atoms with Crippen LogP contribution in [0.25, 0.3) is 0 Å². The summed E-state index contributed by atoms with van der Waals surface area (Å²) in [4.78, 5) is 27.5. The normalized spacial score (nSPS) is 19.2. The van der Waals surface area contributed by atoms with Gasteiger partial charge in [0, 0.05) is 43.6 Å². The van der Waals surface area contributed by atoms with Gasteiger partial charge in [-0.05, 0) is 42.6 Å². The van der Waals surface area contributed by atoms with E-state index >= 15 is 0 Å². The van der Waals surface area contributed by atoms with Gasteiger partial charge in [0.1, 0.15) is 5.75 Å². The second-order valence-corrected chi connectivity index (χ2v) is 10.4. The molecule has 40 heavy (non-hydrogen) atoms. The summed E-state index contributed by atoms with van der Waals surface area (Å²) in [5.41, 5.74) is 0.793. The van der Waals surface area contributed by atoms with E-state index < -0.39 is 23.8 Å². The maximum absolute atomic E-state index is 13.8. The average molecular weight is 576 g/mol. The number of alkyl halides is 3. The Labute approximate surface area is 233 Å². The maximum atomic E-state index is 13.8. The predicted octanol–water partition coefficient (Wildman–Crippen LogP) is 5.41. The molecule has 2 aromatic heterocycles. The molecule has 0 amide bonds. The van der Waals surface area contributed by atoms with Crippen LogP contribution in [0.3, 0.4) is 0 Å². The molecule has 2 aliphatic rings. The van der Waals surface area contributed by atoms with E-state index in [1.165, 1.54) is 24.5 Å². The molecule has 1 saturated heterocycles. The molecule has 13 heteroatoms. The number of piperazine rings is 1. The lowest BCUT2D eigenvalue weighted by Crippen LogP contribution is -2.58. The van der Waals surface area contributed by atoms with Gasteiger partial charge < -0.3 is 24.4 Å². The molecule has 2 aliphatic heterocycles. The number of pyridine rings is 1. The minimum absolute atomic E-state index is 0.0180. The number of aromatic nitrogens is 1. The second kappa shape index (κ2) is 10.9. The maximum Gasteiger partial charge on any atom is 0.416 e. The number of methoxy groups -OCH3 is 2. The van der Waals surface area contributed by atoms with Crippen LogP contribution < -0.4 is 19.3 Å². The molecular weight excluding hydrogens is 547 g/mol. The molecule has 3 aromatic rings. The molecule has 1 fully saturated rings. The number of carboxylic acid groups (broad SMARTS) is 1. The minimum Gasteiger partial charge on any atom is -0.495 e. The third-order valence-electron chi connectivity index (χ3n) is 7.03. The van der Waals surface area contributed by atoms with E-state index in [4.69, 9.17) is 14.5 Å². The number of halogens is 3. The summed E-state index contributed by atoms with van der Waals surface area (Å²) in [7, 11) is 2.93. The minimum atomic E-state index is -4.60. The summed E-state index contributed by atoms with van der Waals surface area (Å²) in [5.74, 6) is -0.0142. The number of anilines is 2. The van der Waals surface area contributed by atoms with Crippen LogP contribution in [0.5, 0.6) is 11.6 Å². The van der Waals surface area contributed by atoms with Crippen LogP contribution in [0.2, 0.25) is 0 Å². The van der Waals surface area contributed by atoms with Crippen molar-refractivity contribution in [1.82, 2.24) is 9.88 Å². The summed E-state index contributed by atoms with van der Waals surface area (Å²) in [5, 5.41) is 11.6. The number of ether oxygens (including phenoxy) is 2. The molecule has 0 spiro atoms. The van der Waals surface area contributed by atoms with Crippen molar-refractivity contribution < 1.29 is 32.5 Å². The van der Waals surface area contributed by atoms with Crippen molar-refractivity contribution >= 4 is 40.3 Å². The van der Waals surface area contributed by atoms with Crippen molar-refractivity contribution in [3.63, 3.8) is 0 Å². The molecule has 1 aromatic carbocycles.